The van der Waals surface area contributed by atoms with Gasteiger partial charge in [0.2, 0.25) is 0 Å². The van der Waals surface area contributed by atoms with Crippen LogP contribution in [-0.4, -0.2) is 23.0 Å². The molecule has 8 aromatic rings. The fourth-order valence-electron chi connectivity index (χ4n) is 7.92. The van der Waals surface area contributed by atoms with Gasteiger partial charge >= 0.3 is 0 Å². The van der Waals surface area contributed by atoms with Crippen molar-refractivity contribution in [2.75, 3.05) is 0 Å². The summed E-state index contributed by atoms with van der Waals surface area (Å²) in [6.45, 7) is 0. The first-order valence-electron chi connectivity index (χ1n) is 17.2. The van der Waals surface area contributed by atoms with E-state index in [-0.39, 0.29) is 0 Å². The number of fused-ring (bicyclic) bond motifs is 9. The lowest BCUT2D eigenvalue weighted by molar-refractivity contribution is 1.07. The smallest absolute Gasteiger partial charge is 0.183 e. The summed E-state index contributed by atoms with van der Waals surface area (Å²) in [5.74, 6) is 1.88. The normalized spacial score (nSPS) is 13.1. The molecule has 1 spiro atoms. The number of hydrogen-bond acceptors (Lipinski definition) is 5. The van der Waals surface area contributed by atoms with Gasteiger partial charge in [0.1, 0.15) is 0 Å². The van der Waals surface area contributed by atoms with Crippen LogP contribution in [0, 0.1) is 11.3 Å². The lowest BCUT2D eigenvalue weighted by atomic mass is 10.0. The zero-order chi connectivity index (χ0) is 34.6. The van der Waals surface area contributed by atoms with Gasteiger partial charge in [0.25, 0.3) is 0 Å². The van der Waals surface area contributed by atoms with Crippen molar-refractivity contribution in [3.63, 3.8) is 0 Å². The lowest BCUT2D eigenvalue weighted by Gasteiger charge is -2.37. The van der Waals surface area contributed by atoms with E-state index in [1.165, 1.54) is 41.7 Å². The molecule has 3 heterocycles. The fraction of sp³-hybridized carbons (Fsp3) is 0. The van der Waals surface area contributed by atoms with E-state index in [9.17, 15) is 5.26 Å². The Balaban J connectivity index is 1.19. The first-order chi connectivity index (χ1) is 25.7. The average molecular weight is 697 g/mol. The van der Waals surface area contributed by atoms with Crippen molar-refractivity contribution in [1.29, 1.82) is 5.26 Å². The minimum Gasteiger partial charge on any atom is -0.208 e. The van der Waals surface area contributed by atoms with Crippen LogP contribution in [0.25, 0.3) is 56.4 Å². The summed E-state index contributed by atoms with van der Waals surface area (Å²) in [6.07, 6.45) is 0. The van der Waals surface area contributed by atoms with Gasteiger partial charge in [-0.1, -0.05) is 145 Å². The number of nitriles is 1. The van der Waals surface area contributed by atoms with Crippen molar-refractivity contribution < 1.29 is 0 Å². The third-order valence-electron chi connectivity index (χ3n) is 10.2. The van der Waals surface area contributed by atoms with Crippen LogP contribution < -0.4 is 20.7 Å². The molecule has 0 bridgehead atoms. The zero-order valence-corrected chi connectivity index (χ0v) is 29.7. The van der Waals surface area contributed by atoms with Gasteiger partial charge in [0, 0.05) is 26.5 Å². The molecular formula is C46H28N4SSi. The summed E-state index contributed by atoms with van der Waals surface area (Å²) in [4.78, 5) is 18.0. The molecule has 6 heteroatoms. The maximum atomic E-state index is 9.32. The number of benzene rings is 7. The van der Waals surface area contributed by atoms with Gasteiger partial charge in [0.15, 0.2) is 25.5 Å². The molecule has 0 amide bonds. The Labute approximate surface area is 307 Å². The Morgan fingerprint density at radius 2 is 0.923 bits per heavy atom. The SMILES string of the molecule is N#Cc1ccc(-c2cccc(-c3nc(-c4ccccc4)nc(-c4ccc5c(c4)[Si]4(c6ccccc6S5)c5ccccc5-c5ccccc54)n3)c2)cc1. The molecule has 2 aliphatic rings. The molecule has 0 fully saturated rings. The predicted octanol–water partition coefficient (Wildman–Crippen LogP) is 8.23. The van der Waals surface area contributed by atoms with Crippen molar-refractivity contribution in [2.45, 2.75) is 9.79 Å². The number of hydrogen-bond donors (Lipinski definition) is 0. The van der Waals surface area contributed by atoms with E-state index in [2.05, 4.69) is 115 Å². The van der Waals surface area contributed by atoms with Crippen LogP contribution in [0.5, 0.6) is 0 Å². The third kappa shape index (κ3) is 4.71. The van der Waals surface area contributed by atoms with Gasteiger partial charge in [-0.25, -0.2) is 15.0 Å². The van der Waals surface area contributed by atoms with Gasteiger partial charge in [-0.15, -0.1) is 0 Å². The van der Waals surface area contributed by atoms with E-state index in [0.717, 1.165) is 27.8 Å². The Bertz CT molecular complexity index is 2690. The first kappa shape index (κ1) is 30.4. The monoisotopic (exact) mass is 696 g/mol. The number of nitrogens with zero attached hydrogens (tertiary/aromatic N) is 4. The highest BCUT2D eigenvalue weighted by Gasteiger charge is 2.52. The zero-order valence-electron chi connectivity index (χ0n) is 27.9. The van der Waals surface area contributed by atoms with Gasteiger partial charge in [0.05, 0.1) is 11.6 Å². The van der Waals surface area contributed by atoms with Crippen molar-refractivity contribution in [3.05, 3.63) is 175 Å². The van der Waals surface area contributed by atoms with Gasteiger partial charge in [-0.05, 0) is 79.4 Å². The molecule has 0 aliphatic carbocycles. The average Bonchev–Trinajstić information content (AvgIpc) is 3.52. The Kier molecular flexibility index (Phi) is 7.10. The van der Waals surface area contributed by atoms with Crippen LogP contribution in [0.1, 0.15) is 5.56 Å². The highest BCUT2D eigenvalue weighted by Crippen LogP contribution is 2.39. The van der Waals surface area contributed by atoms with E-state index in [0.29, 0.717) is 23.0 Å². The molecule has 0 radical (unpaired) electrons. The Morgan fingerprint density at radius 1 is 0.404 bits per heavy atom. The van der Waals surface area contributed by atoms with Gasteiger partial charge in [-0.2, -0.15) is 5.26 Å². The number of rotatable bonds is 4. The van der Waals surface area contributed by atoms with Crippen LogP contribution in [-0.2, 0) is 0 Å². The maximum absolute atomic E-state index is 9.32. The number of aromatic nitrogens is 3. The maximum Gasteiger partial charge on any atom is 0.183 e. The van der Waals surface area contributed by atoms with Gasteiger partial charge in [-0.3, -0.25) is 0 Å². The lowest BCUT2D eigenvalue weighted by Crippen LogP contribution is -2.74. The predicted molar refractivity (Wildman–Crippen MR) is 213 cm³/mol. The van der Waals surface area contributed by atoms with E-state index in [1.54, 1.807) is 0 Å². The molecule has 4 nitrogen and oxygen atoms in total. The highest BCUT2D eigenvalue weighted by atomic mass is 32.2. The summed E-state index contributed by atoms with van der Waals surface area (Å²) >= 11 is 1.86. The Hall–Kier alpha value is -6.39. The molecular weight excluding hydrogens is 669 g/mol. The van der Waals surface area contributed by atoms with E-state index >= 15 is 0 Å². The summed E-state index contributed by atoms with van der Waals surface area (Å²) < 4.78 is 0. The van der Waals surface area contributed by atoms with E-state index in [1.807, 2.05) is 72.4 Å². The summed E-state index contributed by atoms with van der Waals surface area (Å²) in [7, 11) is -2.69. The minimum absolute atomic E-state index is 0.611. The fourth-order valence-corrected chi connectivity index (χ4v) is 15.3. The van der Waals surface area contributed by atoms with E-state index in [4.69, 9.17) is 15.0 Å². The quantitative estimate of drug-likeness (QED) is 0.174. The van der Waals surface area contributed by atoms with Crippen molar-refractivity contribution >= 4 is 40.6 Å². The van der Waals surface area contributed by atoms with E-state index < -0.39 is 8.07 Å². The minimum atomic E-state index is -2.69. The molecule has 242 valence electrons. The topological polar surface area (TPSA) is 62.5 Å². The van der Waals surface area contributed by atoms with Crippen molar-refractivity contribution in [3.8, 4) is 62.5 Å². The largest absolute Gasteiger partial charge is 0.208 e. The molecule has 0 unspecified atom stereocenters. The van der Waals surface area contributed by atoms with Crippen molar-refractivity contribution in [1.82, 2.24) is 15.0 Å². The summed E-state index contributed by atoms with van der Waals surface area (Å²) in [5, 5.41) is 15.0. The molecule has 10 rings (SSSR count). The second kappa shape index (κ2) is 12.1. The van der Waals surface area contributed by atoms with Gasteiger partial charge < -0.3 is 0 Å². The molecule has 0 N–H and O–H groups in total. The van der Waals surface area contributed by atoms with Crippen LogP contribution in [0.4, 0.5) is 0 Å². The molecule has 52 heavy (non-hydrogen) atoms. The van der Waals surface area contributed by atoms with Crippen LogP contribution in [0.2, 0.25) is 0 Å². The van der Waals surface area contributed by atoms with Crippen LogP contribution in [0.15, 0.2) is 180 Å². The summed E-state index contributed by atoms with van der Waals surface area (Å²) in [6, 6.07) is 62.1. The second-order valence-corrected chi connectivity index (χ2v) is 17.8. The molecule has 0 atom stereocenters. The van der Waals surface area contributed by atoms with Crippen LogP contribution in [0.3, 0.4) is 0 Å². The molecule has 0 saturated carbocycles. The third-order valence-corrected chi connectivity index (χ3v) is 16.7. The first-order valence-corrected chi connectivity index (χ1v) is 20.1. The standard InChI is InChI=1S/C46H28N4SSi/c47-29-30-21-23-31(24-22-30)33-13-10-14-34(27-33)45-48-44(32-11-2-1-3-12-32)49-46(50-45)35-25-26-39-43(28-35)52(42-20-9-6-17-38(42)51-39)40-18-7-4-15-36(40)37-16-5-8-19-41(37)52/h1-28H. The highest BCUT2D eigenvalue weighted by molar-refractivity contribution is 8.00. The molecule has 7 aromatic carbocycles. The molecule has 1 aromatic heterocycles. The van der Waals surface area contributed by atoms with Crippen molar-refractivity contribution in [2.24, 2.45) is 0 Å². The summed E-state index contributed by atoms with van der Waals surface area (Å²) in [5.41, 5.74) is 8.15. The second-order valence-electron chi connectivity index (χ2n) is 13.1. The molecule has 2 aliphatic heterocycles. The van der Waals surface area contributed by atoms with Crippen LogP contribution >= 0.6 is 11.8 Å². The Morgan fingerprint density at radius 3 is 1.62 bits per heavy atom. The molecule has 0 saturated heterocycles.